The molecule has 0 aromatic carbocycles. The molecule has 7 nitrogen and oxygen atoms in total. The molecule has 1 aliphatic carbocycles. The molecule has 1 saturated carbocycles. The van der Waals surface area contributed by atoms with Crippen molar-refractivity contribution >= 4 is 11.9 Å². The van der Waals surface area contributed by atoms with Gasteiger partial charge in [-0.05, 0) is 46.1 Å². The molecule has 0 radical (unpaired) electrons. The molecule has 1 amide bonds. The average molecular weight is 377 g/mol. The fraction of sp³-hybridized carbons (Fsp3) is 0.750. The van der Waals surface area contributed by atoms with Gasteiger partial charge in [0.05, 0.1) is 5.69 Å². The smallest absolute Gasteiger partial charge is 0.221 e. The van der Waals surface area contributed by atoms with Crippen LogP contribution in [0.2, 0.25) is 0 Å². The molecule has 0 saturated heterocycles. The zero-order chi connectivity index (χ0) is 19.5. The molecule has 152 valence electrons. The minimum absolute atomic E-state index is 0.134. The molecular weight excluding hydrogens is 340 g/mol. The first-order valence-electron chi connectivity index (χ1n) is 10.4. The second-order valence-electron chi connectivity index (χ2n) is 7.34. The molecule has 27 heavy (non-hydrogen) atoms. The summed E-state index contributed by atoms with van der Waals surface area (Å²) in [7, 11) is 0. The van der Waals surface area contributed by atoms with E-state index < -0.39 is 0 Å². The van der Waals surface area contributed by atoms with Crippen molar-refractivity contribution in [2.24, 2.45) is 4.99 Å². The summed E-state index contributed by atoms with van der Waals surface area (Å²) in [5.41, 5.74) is 2.24. The SMILES string of the molecule is CCNC(=NCCCn1nc(C)cc1C)NCCC(=O)NC1CCCCC1. The molecule has 1 aromatic heterocycles. The Morgan fingerprint density at radius 1 is 1.26 bits per heavy atom. The van der Waals surface area contributed by atoms with E-state index in [1.54, 1.807) is 0 Å². The van der Waals surface area contributed by atoms with Crippen LogP contribution in [0.5, 0.6) is 0 Å². The first-order chi connectivity index (χ1) is 13.1. The number of aryl methyl sites for hydroxylation is 3. The van der Waals surface area contributed by atoms with E-state index in [0.717, 1.165) is 50.6 Å². The molecule has 0 bridgehead atoms. The molecule has 0 spiro atoms. The van der Waals surface area contributed by atoms with Gasteiger partial charge in [-0.25, -0.2) is 0 Å². The number of nitrogens with zero attached hydrogens (tertiary/aromatic N) is 3. The Balaban J connectivity index is 1.66. The van der Waals surface area contributed by atoms with E-state index in [-0.39, 0.29) is 5.91 Å². The van der Waals surface area contributed by atoms with E-state index in [0.29, 0.717) is 19.0 Å². The molecule has 2 rings (SSSR count). The third-order valence-electron chi connectivity index (χ3n) is 4.86. The maximum absolute atomic E-state index is 12.1. The average Bonchev–Trinajstić information content (AvgIpc) is 2.96. The maximum atomic E-state index is 12.1. The van der Waals surface area contributed by atoms with Gasteiger partial charge < -0.3 is 16.0 Å². The number of guanidine groups is 1. The summed E-state index contributed by atoms with van der Waals surface area (Å²) in [6.07, 6.45) is 7.43. The van der Waals surface area contributed by atoms with Gasteiger partial charge >= 0.3 is 0 Å². The van der Waals surface area contributed by atoms with Crippen LogP contribution in [-0.2, 0) is 11.3 Å². The Labute approximate surface area is 163 Å². The first kappa shape index (κ1) is 21.3. The number of aliphatic imine (C=N–C) groups is 1. The van der Waals surface area contributed by atoms with Gasteiger partial charge in [-0.3, -0.25) is 14.5 Å². The van der Waals surface area contributed by atoms with Crippen LogP contribution in [0.4, 0.5) is 0 Å². The van der Waals surface area contributed by atoms with Gasteiger partial charge in [0.25, 0.3) is 0 Å². The Morgan fingerprint density at radius 3 is 2.70 bits per heavy atom. The van der Waals surface area contributed by atoms with Crippen LogP contribution in [0.1, 0.15) is 63.3 Å². The molecule has 0 unspecified atom stereocenters. The third-order valence-corrected chi connectivity index (χ3v) is 4.86. The maximum Gasteiger partial charge on any atom is 0.221 e. The van der Waals surface area contributed by atoms with Gasteiger partial charge in [0.1, 0.15) is 0 Å². The number of hydrogen-bond acceptors (Lipinski definition) is 3. The number of carbonyl (C=O) groups is 1. The third kappa shape index (κ3) is 8.01. The minimum atomic E-state index is 0.134. The van der Waals surface area contributed by atoms with Gasteiger partial charge in [-0.15, -0.1) is 0 Å². The van der Waals surface area contributed by atoms with E-state index >= 15 is 0 Å². The molecule has 1 aliphatic rings. The predicted octanol–water partition coefficient (Wildman–Crippen LogP) is 2.28. The lowest BCUT2D eigenvalue weighted by atomic mass is 9.95. The molecule has 7 heteroatoms. The summed E-state index contributed by atoms with van der Waals surface area (Å²) in [5, 5.41) is 14.1. The second kappa shape index (κ2) is 11.6. The van der Waals surface area contributed by atoms with E-state index in [1.165, 1.54) is 25.0 Å². The number of nitrogens with one attached hydrogen (secondary N) is 3. The van der Waals surface area contributed by atoms with Crippen LogP contribution in [-0.4, -0.2) is 47.3 Å². The fourth-order valence-corrected chi connectivity index (χ4v) is 3.50. The fourth-order valence-electron chi connectivity index (χ4n) is 3.50. The van der Waals surface area contributed by atoms with Crippen molar-refractivity contribution in [3.63, 3.8) is 0 Å². The molecule has 3 N–H and O–H groups in total. The molecule has 1 fully saturated rings. The highest BCUT2D eigenvalue weighted by Crippen LogP contribution is 2.17. The van der Waals surface area contributed by atoms with Crippen LogP contribution in [0.25, 0.3) is 0 Å². The second-order valence-corrected chi connectivity index (χ2v) is 7.34. The highest BCUT2D eigenvalue weighted by atomic mass is 16.1. The lowest BCUT2D eigenvalue weighted by Gasteiger charge is -2.22. The lowest BCUT2D eigenvalue weighted by molar-refractivity contribution is -0.121. The van der Waals surface area contributed by atoms with E-state index in [2.05, 4.69) is 39.0 Å². The highest BCUT2D eigenvalue weighted by Gasteiger charge is 2.15. The summed E-state index contributed by atoms with van der Waals surface area (Å²) in [6.45, 7) is 9.13. The first-order valence-corrected chi connectivity index (χ1v) is 10.4. The Morgan fingerprint density at radius 2 is 2.04 bits per heavy atom. The van der Waals surface area contributed by atoms with Gasteiger partial charge in [0, 0.05) is 44.3 Å². The van der Waals surface area contributed by atoms with Crippen molar-refractivity contribution in [3.8, 4) is 0 Å². The lowest BCUT2D eigenvalue weighted by Crippen LogP contribution is -2.41. The van der Waals surface area contributed by atoms with Gasteiger partial charge in [0.15, 0.2) is 5.96 Å². The topological polar surface area (TPSA) is 83.3 Å². The van der Waals surface area contributed by atoms with Crippen molar-refractivity contribution in [2.45, 2.75) is 78.3 Å². The summed E-state index contributed by atoms with van der Waals surface area (Å²) >= 11 is 0. The van der Waals surface area contributed by atoms with Crippen molar-refractivity contribution in [1.82, 2.24) is 25.7 Å². The number of carbonyl (C=O) groups excluding carboxylic acids is 1. The van der Waals surface area contributed by atoms with Crippen LogP contribution in [0, 0.1) is 13.8 Å². The Bertz CT molecular complexity index is 604. The van der Waals surface area contributed by atoms with Gasteiger partial charge in [-0.1, -0.05) is 19.3 Å². The molecule has 0 aliphatic heterocycles. The Kier molecular flexibility index (Phi) is 9.15. The molecule has 1 heterocycles. The Hall–Kier alpha value is -2.05. The monoisotopic (exact) mass is 376 g/mol. The van der Waals surface area contributed by atoms with E-state index in [4.69, 9.17) is 0 Å². The summed E-state index contributed by atoms with van der Waals surface area (Å²) < 4.78 is 2.03. The molecule has 1 aromatic rings. The van der Waals surface area contributed by atoms with Crippen LogP contribution >= 0.6 is 0 Å². The highest BCUT2D eigenvalue weighted by molar-refractivity contribution is 5.81. The van der Waals surface area contributed by atoms with Crippen molar-refractivity contribution in [1.29, 1.82) is 0 Å². The van der Waals surface area contributed by atoms with Crippen molar-refractivity contribution < 1.29 is 4.79 Å². The zero-order valence-electron chi connectivity index (χ0n) is 17.2. The minimum Gasteiger partial charge on any atom is -0.357 e. The summed E-state index contributed by atoms with van der Waals surface area (Å²) in [5.74, 6) is 0.908. The number of hydrogen-bond donors (Lipinski definition) is 3. The van der Waals surface area contributed by atoms with E-state index in [1.807, 2.05) is 18.5 Å². The van der Waals surface area contributed by atoms with Gasteiger partial charge in [-0.2, -0.15) is 5.10 Å². The van der Waals surface area contributed by atoms with Crippen LogP contribution < -0.4 is 16.0 Å². The number of amides is 1. The standard InChI is InChI=1S/C20H36N6O/c1-4-21-20(22-12-8-14-26-17(3)15-16(2)25-26)23-13-11-19(27)24-18-9-6-5-7-10-18/h15,18H,4-14H2,1-3H3,(H,24,27)(H2,21,22,23). The van der Waals surface area contributed by atoms with Crippen molar-refractivity contribution in [3.05, 3.63) is 17.5 Å². The molecular formula is C20H36N6O. The quantitative estimate of drug-likeness (QED) is 0.351. The van der Waals surface area contributed by atoms with Crippen molar-refractivity contribution in [2.75, 3.05) is 19.6 Å². The summed E-state index contributed by atoms with van der Waals surface area (Å²) in [4.78, 5) is 16.7. The summed E-state index contributed by atoms with van der Waals surface area (Å²) in [6, 6.07) is 2.47. The molecule has 0 atom stereocenters. The number of aromatic nitrogens is 2. The van der Waals surface area contributed by atoms with Crippen LogP contribution in [0.3, 0.4) is 0 Å². The van der Waals surface area contributed by atoms with Crippen LogP contribution in [0.15, 0.2) is 11.1 Å². The van der Waals surface area contributed by atoms with Gasteiger partial charge in [0.2, 0.25) is 5.91 Å². The number of rotatable bonds is 9. The normalized spacial score (nSPS) is 15.6. The van der Waals surface area contributed by atoms with E-state index in [9.17, 15) is 4.79 Å². The predicted molar refractivity (Wildman–Crippen MR) is 110 cm³/mol. The largest absolute Gasteiger partial charge is 0.357 e. The zero-order valence-corrected chi connectivity index (χ0v) is 17.2.